The van der Waals surface area contributed by atoms with Gasteiger partial charge in [0.15, 0.2) is 17.5 Å². The molecule has 2 aliphatic heterocycles. The van der Waals surface area contributed by atoms with Crippen LogP contribution in [0, 0.1) is 5.92 Å². The van der Waals surface area contributed by atoms with Crippen molar-refractivity contribution in [3.8, 4) is 101 Å². The number of nitrogens with one attached hydrogen (secondary N) is 4. The molecule has 3 aliphatic rings. The van der Waals surface area contributed by atoms with Crippen LogP contribution < -0.4 is 27.0 Å². The standard InChI is InChI=1S/C23H24N8O.C22H24N8.C22H23N7O/c1-30-13-17(9-26-30)15-4-3-5-16(8-15)22-25-12-20(18-10-27-31(2)14-18)23(29-22)24-11-19-6-7-21(32)28-19;1-29-12-16(9-25-29)14-4-3-5-15(6-14)21-24-11-20(17-10-26-30(2)13-17)22(28-21)27-19-7-18(23)8-19;1-28-11-18(8-25-28)16-4-3-5-17(6-16)21-24-10-20(19-9-26-29(2)12-19)22(27-21)23-7-15-13-30-14-15/h3-5,8-10,12-14,19H,6-7,11H2,1-2H3,(H,28,32)(H,24,25,29);3-6,9-13,18-19H,7-8,23H2,1-2H3,(H,24,27,28);3-6,8-12,15H,7,13-14H2,1-2H3,(H,23,24,27)/t19-;;/m0../s1. The van der Waals surface area contributed by atoms with Gasteiger partial charge in [-0.15, -0.1) is 0 Å². The second-order valence-corrected chi connectivity index (χ2v) is 23.6. The van der Waals surface area contributed by atoms with Crippen LogP contribution in [0.4, 0.5) is 17.5 Å². The van der Waals surface area contributed by atoms with Crippen LogP contribution >= 0.6 is 0 Å². The summed E-state index contributed by atoms with van der Waals surface area (Å²) in [7, 11) is 11.4. The second kappa shape index (κ2) is 26.6. The van der Waals surface area contributed by atoms with Gasteiger partial charge in [-0.05, 0) is 54.2 Å². The molecule has 0 spiro atoms. The molecule has 11 heterocycles. The van der Waals surface area contributed by atoms with Crippen molar-refractivity contribution < 1.29 is 9.53 Å². The predicted octanol–water partition coefficient (Wildman–Crippen LogP) is 8.48. The second-order valence-electron chi connectivity index (χ2n) is 23.6. The van der Waals surface area contributed by atoms with Gasteiger partial charge in [0.1, 0.15) is 17.5 Å². The van der Waals surface area contributed by atoms with E-state index in [1.54, 1.807) is 34.3 Å². The molecule has 9 aromatic heterocycles. The van der Waals surface area contributed by atoms with Gasteiger partial charge in [-0.1, -0.05) is 54.6 Å². The van der Waals surface area contributed by atoms with Crippen molar-refractivity contribution in [1.82, 2.24) is 93.9 Å². The van der Waals surface area contributed by atoms with E-state index in [1.807, 2.05) is 172 Å². The van der Waals surface area contributed by atoms with Crippen molar-refractivity contribution >= 4 is 23.4 Å². The Morgan fingerprint density at radius 3 is 1.16 bits per heavy atom. The number of rotatable bonds is 17. The van der Waals surface area contributed by atoms with Crippen molar-refractivity contribution in [2.24, 2.45) is 53.9 Å². The molecule has 92 heavy (non-hydrogen) atoms. The summed E-state index contributed by atoms with van der Waals surface area (Å²) in [5.74, 6) is 4.94. The monoisotopic (exact) mass is 1230 g/mol. The first-order valence-electron chi connectivity index (χ1n) is 30.5. The fourth-order valence-electron chi connectivity index (χ4n) is 11.1. The number of ether oxygens (including phenoxy) is 1. The molecule has 6 N–H and O–H groups in total. The lowest BCUT2D eigenvalue weighted by Crippen LogP contribution is -2.44. The molecule has 1 aliphatic carbocycles. The van der Waals surface area contributed by atoms with Gasteiger partial charge in [0, 0.05) is 208 Å². The van der Waals surface area contributed by atoms with Crippen molar-refractivity contribution in [2.75, 3.05) is 42.3 Å². The molecule has 2 saturated heterocycles. The highest BCUT2D eigenvalue weighted by Crippen LogP contribution is 2.35. The fourth-order valence-corrected chi connectivity index (χ4v) is 11.1. The lowest BCUT2D eigenvalue weighted by Gasteiger charge is -2.33. The zero-order chi connectivity index (χ0) is 63.2. The molecule has 3 aromatic carbocycles. The lowest BCUT2D eigenvalue weighted by atomic mass is 9.87. The number of nitrogens with zero attached hydrogens (tertiary/aromatic N) is 18. The molecular weight excluding hydrogens is 1160 g/mol. The number of hydrogen-bond acceptors (Lipinski definition) is 18. The summed E-state index contributed by atoms with van der Waals surface area (Å²) in [4.78, 5) is 40.2. The third kappa shape index (κ3) is 14.0. The van der Waals surface area contributed by atoms with Gasteiger partial charge in [-0.3, -0.25) is 32.9 Å². The Hall–Kier alpha value is -11.1. The van der Waals surface area contributed by atoms with Crippen LogP contribution in [0.5, 0.6) is 0 Å². The highest BCUT2D eigenvalue weighted by Gasteiger charge is 2.28. The van der Waals surface area contributed by atoms with E-state index in [4.69, 9.17) is 25.4 Å². The van der Waals surface area contributed by atoms with E-state index in [0.29, 0.717) is 42.4 Å². The summed E-state index contributed by atoms with van der Waals surface area (Å²) in [6.07, 6.45) is 31.7. The Morgan fingerprint density at radius 1 is 0.467 bits per heavy atom. The molecule has 25 nitrogen and oxygen atoms in total. The highest BCUT2D eigenvalue weighted by atomic mass is 16.5. The summed E-state index contributed by atoms with van der Waals surface area (Å²) in [5.41, 5.74) is 20.9. The predicted molar refractivity (Wildman–Crippen MR) is 353 cm³/mol. The average molecular weight is 1230 g/mol. The Bertz CT molecular complexity index is 4540. The molecule has 1 amide bonds. The summed E-state index contributed by atoms with van der Waals surface area (Å²) < 4.78 is 16.0. The number of carbonyl (C=O) groups excluding carboxylic acids is 1. The molecular formula is C67H71N23O2. The summed E-state index contributed by atoms with van der Waals surface area (Å²) in [5, 5.41) is 39.1. The molecule has 0 radical (unpaired) electrons. The highest BCUT2D eigenvalue weighted by molar-refractivity contribution is 5.81. The quantitative estimate of drug-likeness (QED) is 0.0571. The Labute approximate surface area is 531 Å². The molecule has 12 aromatic rings. The average Bonchev–Trinajstić information content (AvgIpc) is 1.31. The Morgan fingerprint density at radius 2 is 0.826 bits per heavy atom. The third-order valence-corrected chi connectivity index (χ3v) is 16.3. The topological polar surface area (TPSA) is 285 Å². The number of amides is 1. The number of hydrogen-bond donors (Lipinski definition) is 5. The molecule has 1 atom stereocenters. The maximum Gasteiger partial charge on any atom is 0.220 e. The van der Waals surface area contributed by atoms with Crippen LogP contribution in [0.2, 0.25) is 0 Å². The SMILES string of the molecule is Cn1cc(-c2cccc(-c3ncc(-c4cnn(C)c4)c(NC4CC(N)C4)n3)c2)cn1.Cn1cc(-c2cccc(-c3ncc(-c4cnn(C)c4)c(NCC4COC4)n3)c2)cn1.Cn1cc(-c2cccc(-c3ncc(-c4cnn(C)c4)c(NC[C@@H]4CCC(=O)N4)n3)c2)cn1. The van der Waals surface area contributed by atoms with Crippen molar-refractivity contribution in [3.05, 3.63) is 166 Å². The Kier molecular flexibility index (Phi) is 17.3. The molecule has 25 heteroatoms. The minimum atomic E-state index is 0.0940. The van der Waals surface area contributed by atoms with E-state index in [1.165, 1.54) is 0 Å². The van der Waals surface area contributed by atoms with Gasteiger partial charge < -0.3 is 31.7 Å². The number of carbonyl (C=O) groups is 1. The third-order valence-electron chi connectivity index (χ3n) is 16.3. The zero-order valence-electron chi connectivity index (χ0n) is 52.0. The van der Waals surface area contributed by atoms with E-state index in [9.17, 15) is 4.79 Å². The molecule has 0 bridgehead atoms. The van der Waals surface area contributed by atoms with Crippen molar-refractivity contribution in [1.29, 1.82) is 0 Å². The fraction of sp³-hybridized carbons (Fsp3) is 0.269. The van der Waals surface area contributed by atoms with Crippen LogP contribution in [0.1, 0.15) is 25.7 Å². The van der Waals surface area contributed by atoms with Gasteiger partial charge in [0.05, 0.1) is 50.4 Å². The minimum Gasteiger partial charge on any atom is -0.381 e. The van der Waals surface area contributed by atoms with Crippen molar-refractivity contribution in [3.63, 3.8) is 0 Å². The first-order valence-corrected chi connectivity index (χ1v) is 30.5. The van der Waals surface area contributed by atoms with Gasteiger partial charge in [-0.25, -0.2) is 29.9 Å². The van der Waals surface area contributed by atoms with Crippen LogP contribution in [0.15, 0.2) is 166 Å². The first-order chi connectivity index (χ1) is 44.7. The summed E-state index contributed by atoms with van der Waals surface area (Å²) in [6, 6.07) is 25.2. The summed E-state index contributed by atoms with van der Waals surface area (Å²) >= 11 is 0. The van der Waals surface area contributed by atoms with Crippen LogP contribution in [0.25, 0.3) is 101 Å². The summed E-state index contributed by atoms with van der Waals surface area (Å²) in [6.45, 7) is 3.01. The van der Waals surface area contributed by atoms with Crippen molar-refractivity contribution in [2.45, 2.75) is 43.8 Å². The smallest absolute Gasteiger partial charge is 0.220 e. The maximum atomic E-state index is 11.6. The van der Waals surface area contributed by atoms with E-state index >= 15 is 0 Å². The van der Waals surface area contributed by atoms with E-state index in [2.05, 4.69) is 97.1 Å². The number of aromatic nitrogens is 18. The lowest BCUT2D eigenvalue weighted by molar-refractivity contribution is -0.119. The molecule has 1 saturated carbocycles. The number of anilines is 3. The maximum absolute atomic E-state index is 11.6. The molecule has 15 rings (SSSR count). The zero-order valence-corrected chi connectivity index (χ0v) is 52.0. The Balaban J connectivity index is 0.000000126. The molecule has 3 fully saturated rings. The molecule has 0 unspecified atom stereocenters. The van der Waals surface area contributed by atoms with E-state index in [-0.39, 0.29) is 18.0 Å². The molecule has 466 valence electrons. The van der Waals surface area contributed by atoms with E-state index < -0.39 is 0 Å². The first kappa shape index (κ1) is 59.9. The number of benzene rings is 3. The van der Waals surface area contributed by atoms with Crippen LogP contribution in [-0.2, 0) is 51.8 Å². The van der Waals surface area contributed by atoms with E-state index in [0.717, 1.165) is 140 Å². The normalized spacial score (nSPS) is 15.9. The van der Waals surface area contributed by atoms with Crippen LogP contribution in [0.3, 0.4) is 0 Å². The van der Waals surface area contributed by atoms with Gasteiger partial charge in [0.2, 0.25) is 5.91 Å². The van der Waals surface area contributed by atoms with Crippen LogP contribution in [-0.4, -0.2) is 139 Å². The van der Waals surface area contributed by atoms with Gasteiger partial charge in [0.25, 0.3) is 0 Å². The largest absolute Gasteiger partial charge is 0.381 e. The van der Waals surface area contributed by atoms with Gasteiger partial charge in [-0.2, -0.15) is 30.6 Å². The minimum absolute atomic E-state index is 0.0940. The number of nitrogens with two attached hydrogens (primary N) is 1. The van der Waals surface area contributed by atoms with Gasteiger partial charge >= 0.3 is 0 Å². The number of aryl methyl sites for hydroxylation is 6.